The van der Waals surface area contributed by atoms with Gasteiger partial charge in [0.05, 0.1) is 23.8 Å². The summed E-state index contributed by atoms with van der Waals surface area (Å²) in [5.41, 5.74) is 3.56. The Bertz CT molecular complexity index is 865. The Morgan fingerprint density at radius 3 is 2.75 bits per heavy atom. The topological polar surface area (TPSA) is 42.3 Å². The highest BCUT2D eigenvalue weighted by Crippen LogP contribution is 2.32. The van der Waals surface area contributed by atoms with Gasteiger partial charge in [-0.3, -0.25) is 9.88 Å². The van der Waals surface area contributed by atoms with Crippen molar-refractivity contribution in [1.29, 1.82) is 0 Å². The third-order valence-corrected chi connectivity index (χ3v) is 5.01. The first-order valence-corrected chi connectivity index (χ1v) is 8.62. The molecule has 1 saturated heterocycles. The van der Waals surface area contributed by atoms with E-state index in [2.05, 4.69) is 44.9 Å². The summed E-state index contributed by atoms with van der Waals surface area (Å²) < 4.78 is 7.86. The van der Waals surface area contributed by atoms with E-state index in [0.717, 1.165) is 50.7 Å². The number of aromatic nitrogens is 2. The van der Waals surface area contributed by atoms with Crippen LogP contribution >= 0.6 is 0 Å². The smallest absolute Gasteiger partial charge is 0.120 e. The van der Waals surface area contributed by atoms with Crippen molar-refractivity contribution in [3.8, 4) is 5.75 Å². The number of rotatable bonds is 4. The number of piperazine rings is 1. The second-order valence-electron chi connectivity index (χ2n) is 6.42. The number of hydrogen-bond donors (Lipinski definition) is 1. The van der Waals surface area contributed by atoms with Crippen LogP contribution in [0.1, 0.15) is 5.69 Å². The van der Waals surface area contributed by atoms with E-state index in [1.165, 1.54) is 21.8 Å². The van der Waals surface area contributed by atoms with Crippen LogP contribution in [0.5, 0.6) is 5.75 Å². The lowest BCUT2D eigenvalue weighted by Gasteiger charge is -2.27. The number of nitrogens with one attached hydrogen (secondary N) is 1. The number of nitrogens with zero attached hydrogens (tertiary/aromatic N) is 3. The number of fused-ring (bicyclic) bond motifs is 3. The van der Waals surface area contributed by atoms with Crippen molar-refractivity contribution in [3.05, 3.63) is 36.2 Å². The minimum absolute atomic E-state index is 0.902. The van der Waals surface area contributed by atoms with E-state index in [9.17, 15) is 0 Å². The van der Waals surface area contributed by atoms with Gasteiger partial charge in [0.2, 0.25) is 0 Å². The van der Waals surface area contributed by atoms with Crippen molar-refractivity contribution in [2.45, 2.75) is 13.5 Å². The van der Waals surface area contributed by atoms with Crippen LogP contribution in [0.4, 0.5) is 0 Å². The lowest BCUT2D eigenvalue weighted by molar-refractivity contribution is 0.234. The quantitative estimate of drug-likeness (QED) is 0.800. The fourth-order valence-electron chi connectivity index (χ4n) is 3.74. The van der Waals surface area contributed by atoms with E-state index in [-0.39, 0.29) is 0 Å². The predicted octanol–water partition coefficient (Wildman–Crippen LogP) is 2.41. The molecule has 1 N–H and O–H groups in total. The summed E-state index contributed by atoms with van der Waals surface area (Å²) in [6, 6.07) is 8.47. The Morgan fingerprint density at radius 1 is 1.12 bits per heavy atom. The first-order chi connectivity index (χ1) is 11.8. The molecule has 0 spiro atoms. The zero-order valence-electron chi connectivity index (χ0n) is 14.4. The van der Waals surface area contributed by atoms with Crippen molar-refractivity contribution < 1.29 is 4.74 Å². The van der Waals surface area contributed by atoms with Crippen LogP contribution in [0.15, 0.2) is 30.5 Å². The minimum Gasteiger partial charge on any atom is -0.497 e. The Kier molecular flexibility index (Phi) is 4.12. The van der Waals surface area contributed by atoms with Gasteiger partial charge in [-0.15, -0.1) is 0 Å². The molecule has 4 rings (SSSR count). The Balaban J connectivity index is 1.80. The van der Waals surface area contributed by atoms with Gasteiger partial charge in [0.1, 0.15) is 5.75 Å². The number of hydrogen-bond acceptors (Lipinski definition) is 4. The molecule has 126 valence electrons. The Labute approximate surface area is 142 Å². The highest BCUT2D eigenvalue weighted by Gasteiger charge is 2.15. The SMILES string of the molecule is COc1ccc2c3ccnc(C)c3n(CCN3CCNCC3)c2c1. The molecule has 2 aromatic heterocycles. The van der Waals surface area contributed by atoms with E-state index >= 15 is 0 Å². The summed E-state index contributed by atoms with van der Waals surface area (Å²) in [6.45, 7) is 8.55. The number of aryl methyl sites for hydroxylation is 1. The van der Waals surface area contributed by atoms with E-state index in [0.29, 0.717) is 0 Å². The van der Waals surface area contributed by atoms with Crippen LogP contribution in [-0.4, -0.2) is 54.3 Å². The van der Waals surface area contributed by atoms with Crippen LogP contribution in [0.25, 0.3) is 21.8 Å². The Hall–Kier alpha value is -2.11. The number of methoxy groups -OCH3 is 1. The predicted molar refractivity (Wildman–Crippen MR) is 97.8 cm³/mol. The molecular weight excluding hydrogens is 300 g/mol. The van der Waals surface area contributed by atoms with Gasteiger partial charge in [-0.25, -0.2) is 0 Å². The molecule has 5 heteroatoms. The zero-order chi connectivity index (χ0) is 16.5. The summed E-state index contributed by atoms with van der Waals surface area (Å²) in [6.07, 6.45) is 1.90. The van der Waals surface area contributed by atoms with E-state index in [1.54, 1.807) is 7.11 Å². The third-order valence-electron chi connectivity index (χ3n) is 5.01. The molecule has 0 radical (unpaired) electrons. The largest absolute Gasteiger partial charge is 0.497 e. The van der Waals surface area contributed by atoms with Crippen LogP contribution in [0.2, 0.25) is 0 Å². The highest BCUT2D eigenvalue weighted by molar-refractivity contribution is 6.09. The second kappa shape index (κ2) is 6.42. The van der Waals surface area contributed by atoms with E-state index < -0.39 is 0 Å². The van der Waals surface area contributed by atoms with Gasteiger partial charge in [0.15, 0.2) is 0 Å². The normalized spacial score (nSPS) is 16.1. The molecule has 3 aromatic rings. The van der Waals surface area contributed by atoms with Crippen molar-refractivity contribution in [1.82, 2.24) is 19.8 Å². The standard InChI is InChI=1S/C19H24N4O/c1-14-19-17(5-6-21-14)16-4-3-15(24-2)13-18(16)23(19)12-11-22-9-7-20-8-10-22/h3-6,13,20H,7-12H2,1-2H3. The molecule has 1 aliphatic rings. The molecule has 0 aliphatic carbocycles. The van der Waals surface area contributed by atoms with Gasteiger partial charge in [-0.2, -0.15) is 0 Å². The Morgan fingerprint density at radius 2 is 1.96 bits per heavy atom. The second-order valence-corrected chi connectivity index (χ2v) is 6.42. The third kappa shape index (κ3) is 2.64. The number of pyridine rings is 1. The number of benzene rings is 1. The summed E-state index contributed by atoms with van der Waals surface area (Å²) in [7, 11) is 1.72. The average Bonchev–Trinajstić information content (AvgIpc) is 2.95. The average molecular weight is 324 g/mol. The van der Waals surface area contributed by atoms with Gasteiger partial charge in [-0.1, -0.05) is 0 Å². The highest BCUT2D eigenvalue weighted by atomic mass is 16.5. The molecule has 5 nitrogen and oxygen atoms in total. The molecule has 1 aromatic carbocycles. The van der Waals surface area contributed by atoms with Crippen LogP contribution in [0, 0.1) is 6.92 Å². The molecule has 3 heterocycles. The van der Waals surface area contributed by atoms with E-state index in [4.69, 9.17) is 4.74 Å². The minimum atomic E-state index is 0.902. The fraction of sp³-hybridized carbons (Fsp3) is 0.421. The zero-order valence-corrected chi connectivity index (χ0v) is 14.4. The molecule has 0 bridgehead atoms. The van der Waals surface area contributed by atoms with Gasteiger partial charge in [-0.05, 0) is 25.1 Å². The first kappa shape index (κ1) is 15.4. The summed E-state index contributed by atoms with van der Waals surface area (Å²) in [5.74, 6) is 0.902. The first-order valence-electron chi connectivity index (χ1n) is 8.62. The molecular formula is C19H24N4O. The van der Waals surface area contributed by atoms with Crippen LogP contribution in [-0.2, 0) is 6.54 Å². The van der Waals surface area contributed by atoms with E-state index in [1.807, 2.05) is 12.3 Å². The van der Waals surface area contributed by atoms with Crippen LogP contribution in [0.3, 0.4) is 0 Å². The van der Waals surface area contributed by atoms with Gasteiger partial charge in [0, 0.05) is 62.3 Å². The lowest BCUT2D eigenvalue weighted by Crippen LogP contribution is -2.44. The number of ether oxygens (including phenoxy) is 1. The molecule has 0 saturated carbocycles. The lowest BCUT2D eigenvalue weighted by atomic mass is 10.1. The monoisotopic (exact) mass is 324 g/mol. The van der Waals surface area contributed by atoms with Crippen molar-refractivity contribution >= 4 is 21.8 Å². The van der Waals surface area contributed by atoms with Crippen molar-refractivity contribution in [2.24, 2.45) is 0 Å². The maximum Gasteiger partial charge on any atom is 0.120 e. The summed E-state index contributed by atoms with van der Waals surface area (Å²) >= 11 is 0. The van der Waals surface area contributed by atoms with Gasteiger partial charge in [0.25, 0.3) is 0 Å². The summed E-state index contributed by atoms with van der Waals surface area (Å²) in [4.78, 5) is 7.05. The molecule has 0 unspecified atom stereocenters. The van der Waals surface area contributed by atoms with Crippen molar-refractivity contribution in [2.75, 3.05) is 39.8 Å². The summed E-state index contributed by atoms with van der Waals surface area (Å²) in [5, 5.41) is 5.97. The fourth-order valence-corrected chi connectivity index (χ4v) is 3.74. The van der Waals surface area contributed by atoms with Crippen LogP contribution < -0.4 is 10.1 Å². The molecule has 24 heavy (non-hydrogen) atoms. The molecule has 1 aliphatic heterocycles. The maximum atomic E-state index is 5.45. The molecule has 0 amide bonds. The molecule has 0 atom stereocenters. The van der Waals surface area contributed by atoms with Gasteiger partial charge < -0.3 is 14.6 Å². The molecule has 1 fully saturated rings. The van der Waals surface area contributed by atoms with Crippen molar-refractivity contribution in [3.63, 3.8) is 0 Å². The maximum absolute atomic E-state index is 5.45. The van der Waals surface area contributed by atoms with Gasteiger partial charge >= 0.3 is 0 Å².